The third-order valence-corrected chi connectivity index (χ3v) is 5.68. The van der Waals surface area contributed by atoms with E-state index < -0.39 is 0 Å². The Morgan fingerprint density at radius 3 is 3.03 bits per heavy atom. The van der Waals surface area contributed by atoms with Gasteiger partial charge in [-0.15, -0.1) is 0 Å². The monoisotopic (exact) mass is 402 g/mol. The third-order valence-electron chi connectivity index (χ3n) is 5.68. The Hall–Kier alpha value is -3.55. The van der Waals surface area contributed by atoms with Gasteiger partial charge in [-0.3, -0.25) is 14.0 Å². The summed E-state index contributed by atoms with van der Waals surface area (Å²) < 4.78 is 3.43. The van der Waals surface area contributed by atoms with Gasteiger partial charge < -0.3 is 9.47 Å². The number of amides is 1. The zero-order valence-electron chi connectivity index (χ0n) is 16.8. The highest BCUT2D eigenvalue weighted by Gasteiger charge is 2.27. The van der Waals surface area contributed by atoms with Crippen LogP contribution in [0.2, 0.25) is 0 Å². The molecule has 0 aliphatic carbocycles. The second-order valence-electron chi connectivity index (χ2n) is 7.59. The Labute approximate surface area is 172 Å². The van der Waals surface area contributed by atoms with E-state index in [2.05, 4.69) is 16.9 Å². The summed E-state index contributed by atoms with van der Waals surface area (Å²) in [7, 11) is 0. The van der Waals surface area contributed by atoms with E-state index in [0.29, 0.717) is 48.4 Å². The highest BCUT2D eigenvalue weighted by molar-refractivity contribution is 5.98. The molecule has 0 bridgehead atoms. The number of rotatable bonds is 4. The molecule has 0 saturated heterocycles. The summed E-state index contributed by atoms with van der Waals surface area (Å²) in [5.74, 6) is -0.0907. The highest BCUT2D eigenvalue weighted by Crippen LogP contribution is 2.22. The van der Waals surface area contributed by atoms with Gasteiger partial charge in [0.05, 0.1) is 11.1 Å². The Bertz CT molecular complexity index is 1320. The maximum absolute atomic E-state index is 13.5. The fraction of sp³-hybridized carbons (Fsp3) is 0.318. The molecule has 30 heavy (non-hydrogen) atoms. The number of unbranched alkanes of at least 4 members (excludes halogenated alkanes) is 1. The molecule has 0 fully saturated rings. The van der Waals surface area contributed by atoms with Gasteiger partial charge in [-0.05, 0) is 24.6 Å². The molecule has 5 rings (SSSR count). The standard InChI is InChI=1S/C22H22N6O2/c1-2-3-8-27-18(22(30)26-10-7-17-15(13-26)12-23-14-24-17)11-16-20(27)25-19-6-4-5-9-28(19)21(16)29/h4-6,9,11-12,14H,2-3,7-8,10,13H2,1H3. The van der Waals surface area contributed by atoms with Crippen LogP contribution in [0.4, 0.5) is 0 Å². The first-order valence-corrected chi connectivity index (χ1v) is 10.2. The molecule has 0 saturated carbocycles. The minimum absolute atomic E-state index is 0.0907. The molecule has 4 aromatic rings. The summed E-state index contributed by atoms with van der Waals surface area (Å²) in [6.07, 6.45) is 7.60. The van der Waals surface area contributed by atoms with Crippen molar-refractivity contribution in [2.75, 3.05) is 6.54 Å². The molecule has 1 amide bonds. The van der Waals surface area contributed by atoms with Crippen molar-refractivity contribution >= 4 is 22.6 Å². The van der Waals surface area contributed by atoms with Crippen LogP contribution >= 0.6 is 0 Å². The van der Waals surface area contributed by atoms with Crippen LogP contribution in [-0.2, 0) is 19.5 Å². The van der Waals surface area contributed by atoms with E-state index in [0.717, 1.165) is 24.1 Å². The van der Waals surface area contributed by atoms with Crippen molar-refractivity contribution in [1.29, 1.82) is 0 Å². The first-order valence-electron chi connectivity index (χ1n) is 10.2. The largest absolute Gasteiger partial charge is 0.333 e. The minimum atomic E-state index is -0.155. The average molecular weight is 402 g/mol. The molecule has 1 aliphatic heterocycles. The molecule has 8 nitrogen and oxygen atoms in total. The minimum Gasteiger partial charge on any atom is -0.333 e. The fourth-order valence-electron chi connectivity index (χ4n) is 4.07. The van der Waals surface area contributed by atoms with E-state index in [-0.39, 0.29) is 11.5 Å². The lowest BCUT2D eigenvalue weighted by molar-refractivity contribution is 0.0722. The SMILES string of the molecule is CCCCn1c(C(=O)N2CCc3ncncc3C2)cc2c(=O)n3ccccc3nc21. The lowest BCUT2D eigenvalue weighted by Crippen LogP contribution is -2.37. The molecule has 152 valence electrons. The van der Waals surface area contributed by atoms with Gasteiger partial charge >= 0.3 is 0 Å². The Balaban J connectivity index is 1.62. The number of aromatic nitrogens is 5. The molecule has 0 spiro atoms. The van der Waals surface area contributed by atoms with Crippen molar-refractivity contribution in [3.63, 3.8) is 0 Å². The smallest absolute Gasteiger partial charge is 0.270 e. The third kappa shape index (κ3) is 2.96. The first kappa shape index (κ1) is 18.5. The Kier molecular flexibility index (Phi) is 4.54. The van der Waals surface area contributed by atoms with Crippen molar-refractivity contribution in [2.45, 2.75) is 39.3 Å². The number of hydrogen-bond acceptors (Lipinski definition) is 5. The summed E-state index contributed by atoms with van der Waals surface area (Å²) in [6, 6.07) is 7.17. The summed E-state index contributed by atoms with van der Waals surface area (Å²) in [5.41, 5.74) is 3.47. The molecule has 0 N–H and O–H groups in total. The molecule has 0 unspecified atom stereocenters. The highest BCUT2D eigenvalue weighted by atomic mass is 16.2. The molecular formula is C22H22N6O2. The lowest BCUT2D eigenvalue weighted by atomic mass is 10.1. The van der Waals surface area contributed by atoms with Crippen LogP contribution in [0, 0.1) is 0 Å². The van der Waals surface area contributed by atoms with Gasteiger partial charge in [-0.25, -0.2) is 15.0 Å². The van der Waals surface area contributed by atoms with Gasteiger partial charge in [0.15, 0.2) is 0 Å². The van der Waals surface area contributed by atoms with Crippen LogP contribution in [-0.4, -0.2) is 41.3 Å². The van der Waals surface area contributed by atoms with E-state index in [1.165, 1.54) is 4.40 Å². The normalized spacial score (nSPS) is 13.7. The van der Waals surface area contributed by atoms with Crippen LogP contribution in [0.15, 0.2) is 47.8 Å². The lowest BCUT2D eigenvalue weighted by Gasteiger charge is -2.28. The number of fused-ring (bicyclic) bond motifs is 3. The summed E-state index contributed by atoms with van der Waals surface area (Å²) >= 11 is 0. The van der Waals surface area contributed by atoms with Crippen LogP contribution in [0.3, 0.4) is 0 Å². The summed E-state index contributed by atoms with van der Waals surface area (Å²) in [4.78, 5) is 41.5. The van der Waals surface area contributed by atoms with Crippen molar-refractivity contribution in [3.05, 3.63) is 70.3 Å². The van der Waals surface area contributed by atoms with Crippen LogP contribution in [0.25, 0.3) is 16.7 Å². The number of nitrogens with zero attached hydrogens (tertiary/aromatic N) is 6. The van der Waals surface area contributed by atoms with Crippen LogP contribution < -0.4 is 5.56 Å². The van der Waals surface area contributed by atoms with E-state index in [4.69, 9.17) is 4.98 Å². The molecule has 4 aromatic heterocycles. The van der Waals surface area contributed by atoms with Gasteiger partial charge in [-0.1, -0.05) is 19.4 Å². The van der Waals surface area contributed by atoms with Crippen LogP contribution in [0.1, 0.15) is 41.5 Å². The van der Waals surface area contributed by atoms with Gasteiger partial charge in [-0.2, -0.15) is 0 Å². The number of pyridine rings is 1. The molecule has 0 aromatic carbocycles. The molecule has 5 heterocycles. The van der Waals surface area contributed by atoms with Gasteiger partial charge in [0, 0.05) is 44.0 Å². The maximum Gasteiger partial charge on any atom is 0.270 e. The van der Waals surface area contributed by atoms with Gasteiger partial charge in [0.25, 0.3) is 11.5 Å². The predicted molar refractivity (Wildman–Crippen MR) is 112 cm³/mol. The van der Waals surface area contributed by atoms with E-state index in [1.807, 2.05) is 10.6 Å². The average Bonchev–Trinajstić information content (AvgIpc) is 3.15. The number of aryl methyl sites for hydroxylation is 1. The fourth-order valence-corrected chi connectivity index (χ4v) is 4.07. The predicted octanol–water partition coefficient (Wildman–Crippen LogP) is 2.44. The molecular weight excluding hydrogens is 380 g/mol. The summed E-state index contributed by atoms with van der Waals surface area (Å²) in [6.45, 7) is 3.81. The zero-order valence-corrected chi connectivity index (χ0v) is 16.8. The topological polar surface area (TPSA) is 85.4 Å². The Morgan fingerprint density at radius 1 is 1.27 bits per heavy atom. The quantitative estimate of drug-likeness (QED) is 0.523. The van der Waals surface area contributed by atoms with Crippen molar-refractivity contribution in [1.82, 2.24) is 28.8 Å². The van der Waals surface area contributed by atoms with Gasteiger partial charge in [0.2, 0.25) is 0 Å². The van der Waals surface area contributed by atoms with Gasteiger partial charge in [0.1, 0.15) is 23.3 Å². The van der Waals surface area contributed by atoms with E-state index in [9.17, 15) is 9.59 Å². The van der Waals surface area contributed by atoms with E-state index >= 15 is 0 Å². The summed E-state index contributed by atoms with van der Waals surface area (Å²) in [5, 5.41) is 0.471. The van der Waals surface area contributed by atoms with E-state index in [1.54, 1.807) is 41.8 Å². The van der Waals surface area contributed by atoms with Crippen molar-refractivity contribution < 1.29 is 4.79 Å². The van der Waals surface area contributed by atoms with Crippen LogP contribution in [0.5, 0.6) is 0 Å². The number of hydrogen-bond donors (Lipinski definition) is 0. The molecule has 1 aliphatic rings. The second-order valence-corrected chi connectivity index (χ2v) is 7.59. The number of carbonyl (C=O) groups excluding carboxylic acids is 1. The molecule has 0 atom stereocenters. The molecule has 0 radical (unpaired) electrons. The first-order chi connectivity index (χ1) is 14.7. The van der Waals surface area contributed by atoms with Crippen molar-refractivity contribution in [2.24, 2.45) is 0 Å². The molecule has 8 heteroatoms. The second kappa shape index (κ2) is 7.37. The number of carbonyl (C=O) groups is 1. The van der Waals surface area contributed by atoms with Crippen molar-refractivity contribution in [3.8, 4) is 0 Å². The Morgan fingerprint density at radius 2 is 2.17 bits per heavy atom. The zero-order chi connectivity index (χ0) is 20.7. The maximum atomic E-state index is 13.5.